The topological polar surface area (TPSA) is 85.9 Å². The van der Waals surface area contributed by atoms with Gasteiger partial charge in [0.25, 0.3) is 11.8 Å². The molecule has 3 aromatic rings. The fourth-order valence-corrected chi connectivity index (χ4v) is 3.05. The Morgan fingerprint density at radius 2 is 1.62 bits per heavy atom. The Hall–Kier alpha value is -4.44. The third-order valence-corrected chi connectivity index (χ3v) is 4.78. The minimum absolute atomic E-state index is 0.157. The summed E-state index contributed by atoms with van der Waals surface area (Å²) in [7, 11) is 1.56. The van der Waals surface area contributed by atoms with Crippen molar-refractivity contribution in [2.24, 2.45) is 0 Å². The number of carbonyl (C=O) groups is 2. The van der Waals surface area contributed by atoms with E-state index in [-0.39, 0.29) is 25.0 Å². The molecule has 0 radical (unpaired) electrons. The molecular weight excluding hydrogens is 432 g/mol. The van der Waals surface area contributed by atoms with Gasteiger partial charge in [-0.15, -0.1) is 6.42 Å². The third-order valence-electron chi connectivity index (χ3n) is 4.78. The summed E-state index contributed by atoms with van der Waals surface area (Å²) in [5, 5.41) is 5.63. The summed E-state index contributed by atoms with van der Waals surface area (Å²) in [6.45, 7) is 0.567. The van der Waals surface area contributed by atoms with E-state index in [1.54, 1.807) is 55.6 Å². The Bertz CT molecular complexity index is 1130. The maximum atomic E-state index is 12.4. The quantitative estimate of drug-likeness (QED) is 0.428. The number of carbonyl (C=O) groups excluding carboxylic acids is 2. The average molecular weight is 459 g/mol. The smallest absolute Gasteiger partial charge is 0.262 e. The van der Waals surface area contributed by atoms with Crippen LogP contribution in [0.4, 0.5) is 5.69 Å². The van der Waals surface area contributed by atoms with Crippen LogP contribution in [0, 0.1) is 12.3 Å². The van der Waals surface area contributed by atoms with Crippen LogP contribution in [0.1, 0.15) is 15.9 Å². The van der Waals surface area contributed by atoms with Crippen molar-refractivity contribution in [2.45, 2.75) is 6.42 Å². The van der Waals surface area contributed by atoms with Crippen LogP contribution in [-0.2, 0) is 11.2 Å². The van der Waals surface area contributed by atoms with Crippen molar-refractivity contribution < 1.29 is 23.8 Å². The zero-order chi connectivity index (χ0) is 24.2. The molecule has 0 aromatic heterocycles. The number of terminal acetylenes is 1. The molecule has 0 aliphatic rings. The number of benzene rings is 3. The van der Waals surface area contributed by atoms with E-state index >= 15 is 0 Å². The molecule has 0 heterocycles. The first kappa shape index (κ1) is 24.2. The summed E-state index contributed by atoms with van der Waals surface area (Å²) in [6.07, 6.45) is 5.86. The van der Waals surface area contributed by atoms with Crippen LogP contribution >= 0.6 is 0 Å². The lowest BCUT2D eigenvalue weighted by molar-refractivity contribution is -0.118. The van der Waals surface area contributed by atoms with Crippen LogP contribution in [0.25, 0.3) is 0 Å². The predicted molar refractivity (Wildman–Crippen MR) is 130 cm³/mol. The molecule has 0 aliphatic heterocycles. The number of hydrogen-bond acceptors (Lipinski definition) is 5. The van der Waals surface area contributed by atoms with E-state index in [4.69, 9.17) is 20.6 Å². The van der Waals surface area contributed by atoms with Gasteiger partial charge >= 0.3 is 0 Å². The SMILES string of the molecule is C#CCOc1ccc(CCNC(=O)c2ccc(OCC(=O)Nc3cccc(OC)c3)cc2)cc1. The molecule has 7 heteroatoms. The molecule has 3 aromatic carbocycles. The van der Waals surface area contributed by atoms with Crippen LogP contribution in [0.15, 0.2) is 72.8 Å². The van der Waals surface area contributed by atoms with E-state index < -0.39 is 0 Å². The van der Waals surface area contributed by atoms with Crippen LogP contribution in [0.3, 0.4) is 0 Å². The lowest BCUT2D eigenvalue weighted by Gasteiger charge is -2.10. The average Bonchev–Trinajstić information content (AvgIpc) is 2.87. The summed E-state index contributed by atoms with van der Waals surface area (Å²) in [6, 6.07) is 21.3. The van der Waals surface area contributed by atoms with Crippen molar-refractivity contribution in [3.8, 4) is 29.6 Å². The number of rotatable bonds is 11. The third kappa shape index (κ3) is 7.61. The van der Waals surface area contributed by atoms with Crippen molar-refractivity contribution in [3.63, 3.8) is 0 Å². The van der Waals surface area contributed by atoms with E-state index in [1.165, 1.54) is 0 Å². The number of amides is 2. The summed E-state index contributed by atoms with van der Waals surface area (Å²) >= 11 is 0. The molecule has 0 aliphatic carbocycles. The van der Waals surface area contributed by atoms with E-state index in [9.17, 15) is 9.59 Å². The fraction of sp³-hybridized carbons (Fsp3) is 0.185. The molecule has 0 atom stereocenters. The maximum absolute atomic E-state index is 12.4. The van der Waals surface area contributed by atoms with Gasteiger partial charge < -0.3 is 24.8 Å². The summed E-state index contributed by atoms with van der Waals surface area (Å²) < 4.78 is 16.0. The lowest BCUT2D eigenvalue weighted by Crippen LogP contribution is -2.25. The highest BCUT2D eigenvalue weighted by atomic mass is 16.5. The van der Waals surface area contributed by atoms with Crippen LogP contribution in [0.5, 0.6) is 17.2 Å². The molecule has 0 unspecified atom stereocenters. The lowest BCUT2D eigenvalue weighted by atomic mass is 10.1. The Morgan fingerprint density at radius 1 is 0.912 bits per heavy atom. The molecule has 0 bridgehead atoms. The minimum Gasteiger partial charge on any atom is -0.497 e. The van der Waals surface area contributed by atoms with Gasteiger partial charge in [0, 0.05) is 23.9 Å². The maximum Gasteiger partial charge on any atom is 0.262 e. The van der Waals surface area contributed by atoms with Crippen molar-refractivity contribution >= 4 is 17.5 Å². The molecule has 34 heavy (non-hydrogen) atoms. The van der Waals surface area contributed by atoms with Crippen molar-refractivity contribution in [1.82, 2.24) is 5.32 Å². The van der Waals surface area contributed by atoms with E-state index in [1.807, 2.05) is 24.3 Å². The minimum atomic E-state index is -0.300. The van der Waals surface area contributed by atoms with Gasteiger partial charge in [-0.3, -0.25) is 9.59 Å². The Kier molecular flexibility index (Phi) is 8.94. The predicted octanol–water partition coefficient (Wildman–Crippen LogP) is 3.70. The van der Waals surface area contributed by atoms with Crippen LogP contribution in [0.2, 0.25) is 0 Å². The first-order valence-electron chi connectivity index (χ1n) is 10.7. The Labute approximate surface area is 199 Å². The van der Waals surface area contributed by atoms with Gasteiger partial charge in [-0.2, -0.15) is 0 Å². The fourth-order valence-electron chi connectivity index (χ4n) is 3.05. The second kappa shape index (κ2) is 12.6. The molecule has 0 fully saturated rings. The zero-order valence-corrected chi connectivity index (χ0v) is 18.9. The molecule has 2 N–H and O–H groups in total. The molecule has 0 spiro atoms. The summed E-state index contributed by atoms with van der Waals surface area (Å²) in [5.41, 5.74) is 2.20. The first-order chi connectivity index (χ1) is 16.6. The molecule has 0 saturated carbocycles. The number of ether oxygens (including phenoxy) is 3. The van der Waals surface area contributed by atoms with Crippen molar-refractivity contribution in [3.05, 3.63) is 83.9 Å². The largest absolute Gasteiger partial charge is 0.497 e. The second-order valence-corrected chi connectivity index (χ2v) is 7.24. The van der Waals surface area contributed by atoms with E-state index in [0.717, 1.165) is 5.56 Å². The molecule has 3 rings (SSSR count). The summed E-state index contributed by atoms with van der Waals surface area (Å²) in [4.78, 5) is 24.5. The highest BCUT2D eigenvalue weighted by molar-refractivity contribution is 5.94. The monoisotopic (exact) mass is 458 g/mol. The standard InChI is InChI=1S/C27H26N2O5/c1-3-17-33-23-11-7-20(8-12-23)15-16-28-27(31)21-9-13-24(14-10-21)34-19-26(30)29-22-5-4-6-25(18-22)32-2/h1,4-14,18H,15-17,19H2,2H3,(H,28,31)(H,29,30). The van der Waals surface area contributed by atoms with Gasteiger partial charge in [-0.1, -0.05) is 24.1 Å². The molecule has 2 amide bonds. The number of hydrogen-bond donors (Lipinski definition) is 2. The van der Waals surface area contributed by atoms with Gasteiger partial charge in [-0.25, -0.2) is 0 Å². The zero-order valence-electron chi connectivity index (χ0n) is 18.9. The van der Waals surface area contributed by atoms with Crippen molar-refractivity contribution in [1.29, 1.82) is 0 Å². The second-order valence-electron chi connectivity index (χ2n) is 7.24. The summed E-state index contributed by atoms with van der Waals surface area (Å²) in [5.74, 6) is 3.79. The van der Waals surface area contributed by atoms with Crippen LogP contribution < -0.4 is 24.8 Å². The molecule has 7 nitrogen and oxygen atoms in total. The van der Waals surface area contributed by atoms with Gasteiger partial charge in [0.1, 0.15) is 23.9 Å². The normalized spacial score (nSPS) is 10.0. The molecular formula is C27H26N2O5. The van der Waals surface area contributed by atoms with Gasteiger partial charge in [0.05, 0.1) is 7.11 Å². The Balaban J connectivity index is 1.40. The highest BCUT2D eigenvalue weighted by Crippen LogP contribution is 2.17. The molecule has 174 valence electrons. The first-order valence-corrected chi connectivity index (χ1v) is 10.7. The number of methoxy groups -OCH3 is 1. The van der Waals surface area contributed by atoms with Gasteiger partial charge in [0.15, 0.2) is 6.61 Å². The highest BCUT2D eigenvalue weighted by Gasteiger charge is 2.08. The van der Waals surface area contributed by atoms with Gasteiger partial charge in [0.2, 0.25) is 0 Å². The van der Waals surface area contributed by atoms with Gasteiger partial charge in [-0.05, 0) is 60.5 Å². The van der Waals surface area contributed by atoms with Crippen molar-refractivity contribution in [2.75, 3.05) is 32.2 Å². The van der Waals surface area contributed by atoms with E-state index in [0.29, 0.717) is 41.5 Å². The number of nitrogens with one attached hydrogen (secondary N) is 2. The number of anilines is 1. The van der Waals surface area contributed by atoms with E-state index in [2.05, 4.69) is 16.6 Å². The van der Waals surface area contributed by atoms with Crippen LogP contribution in [-0.4, -0.2) is 38.7 Å². The molecule has 0 saturated heterocycles. The Morgan fingerprint density at radius 3 is 2.32 bits per heavy atom.